The molecule has 1 aromatic carbocycles. The third kappa shape index (κ3) is 3.03. The normalized spacial score (nSPS) is 19.4. The van der Waals surface area contributed by atoms with Gasteiger partial charge in [-0.05, 0) is 31.0 Å². The molecule has 1 heterocycles. The second-order valence-corrected chi connectivity index (χ2v) is 4.92. The monoisotopic (exact) mass is 273 g/mol. The van der Waals surface area contributed by atoms with E-state index >= 15 is 0 Å². The molecule has 106 valence electrons. The fraction of sp³-hybridized carbons (Fsp3) is 0.571. The van der Waals surface area contributed by atoms with Gasteiger partial charge in [0.05, 0.1) is 11.7 Å². The molecule has 0 fully saturated rings. The van der Waals surface area contributed by atoms with E-state index in [1.165, 1.54) is 6.07 Å². The molecule has 5 heteroatoms. The maximum Gasteiger partial charge on any atom is 0.416 e. The van der Waals surface area contributed by atoms with Gasteiger partial charge in [0.1, 0.15) is 0 Å². The van der Waals surface area contributed by atoms with Gasteiger partial charge in [0, 0.05) is 24.3 Å². The molecule has 0 aromatic heterocycles. The molecule has 1 aromatic rings. The second kappa shape index (κ2) is 5.41. The van der Waals surface area contributed by atoms with Crippen LogP contribution in [0.1, 0.15) is 43.4 Å². The Labute approximate surface area is 110 Å². The molecule has 0 spiro atoms. The lowest BCUT2D eigenvalue weighted by atomic mass is 9.96. The van der Waals surface area contributed by atoms with Crippen molar-refractivity contribution in [3.63, 3.8) is 0 Å². The highest BCUT2D eigenvalue weighted by Crippen LogP contribution is 2.38. The molecule has 1 aliphatic rings. The van der Waals surface area contributed by atoms with Gasteiger partial charge in [0.2, 0.25) is 0 Å². The number of benzene rings is 1. The van der Waals surface area contributed by atoms with E-state index in [2.05, 4.69) is 11.8 Å². The summed E-state index contributed by atoms with van der Waals surface area (Å²) in [6.07, 6.45) is -2.64. The molecule has 1 atom stereocenters. The Morgan fingerprint density at radius 3 is 2.74 bits per heavy atom. The largest absolute Gasteiger partial charge is 0.416 e. The molecule has 0 saturated heterocycles. The highest BCUT2D eigenvalue weighted by Gasteiger charge is 2.33. The van der Waals surface area contributed by atoms with Crippen molar-refractivity contribution in [2.75, 3.05) is 18.0 Å². The van der Waals surface area contributed by atoms with Crippen LogP contribution < -0.4 is 4.90 Å². The second-order valence-electron chi connectivity index (χ2n) is 4.92. The number of aliphatic hydroxyl groups is 1. The van der Waals surface area contributed by atoms with Gasteiger partial charge in [-0.1, -0.05) is 13.3 Å². The van der Waals surface area contributed by atoms with Gasteiger partial charge < -0.3 is 10.0 Å². The standard InChI is InChI=1S/C14H18F3NO/c1-2-3-7-18-8-6-13(19)11-9-10(14(15,16)17)4-5-12(11)18/h4-5,9,13,19H,2-3,6-8H2,1H3. The molecule has 1 aliphatic heterocycles. The molecule has 0 aliphatic carbocycles. The molecule has 0 saturated carbocycles. The van der Waals surface area contributed by atoms with Crippen LogP contribution in [0.25, 0.3) is 0 Å². The number of nitrogens with zero attached hydrogens (tertiary/aromatic N) is 1. The summed E-state index contributed by atoms with van der Waals surface area (Å²) < 4.78 is 38.1. The Bertz CT molecular complexity index is 445. The van der Waals surface area contributed by atoms with Gasteiger partial charge in [-0.2, -0.15) is 13.2 Å². The van der Waals surface area contributed by atoms with Crippen LogP contribution in [0.3, 0.4) is 0 Å². The maximum atomic E-state index is 12.7. The Morgan fingerprint density at radius 2 is 2.11 bits per heavy atom. The van der Waals surface area contributed by atoms with Gasteiger partial charge in [0.15, 0.2) is 0 Å². The summed E-state index contributed by atoms with van der Waals surface area (Å²) in [5.74, 6) is 0. The van der Waals surface area contributed by atoms with E-state index in [1.807, 2.05) is 0 Å². The van der Waals surface area contributed by atoms with Crippen molar-refractivity contribution in [2.24, 2.45) is 0 Å². The van der Waals surface area contributed by atoms with E-state index in [0.29, 0.717) is 18.5 Å². The van der Waals surface area contributed by atoms with E-state index in [4.69, 9.17) is 0 Å². The summed E-state index contributed by atoms with van der Waals surface area (Å²) in [7, 11) is 0. The van der Waals surface area contributed by atoms with Crippen LogP contribution in [0.4, 0.5) is 18.9 Å². The molecule has 0 amide bonds. The minimum Gasteiger partial charge on any atom is -0.388 e. The molecule has 1 unspecified atom stereocenters. The SMILES string of the molecule is CCCCN1CCC(O)c2cc(C(F)(F)F)ccc21. The molecule has 0 bridgehead atoms. The van der Waals surface area contributed by atoms with Crippen LogP contribution in [0.15, 0.2) is 18.2 Å². The van der Waals surface area contributed by atoms with E-state index in [9.17, 15) is 18.3 Å². The Kier molecular flexibility index (Phi) is 4.04. The number of hydrogen-bond acceptors (Lipinski definition) is 2. The summed E-state index contributed by atoms with van der Waals surface area (Å²) in [5.41, 5.74) is 0.444. The molecule has 2 rings (SSSR count). The lowest BCUT2D eigenvalue weighted by Gasteiger charge is -2.34. The lowest BCUT2D eigenvalue weighted by molar-refractivity contribution is -0.137. The Morgan fingerprint density at radius 1 is 1.37 bits per heavy atom. The predicted octanol–water partition coefficient (Wildman–Crippen LogP) is 3.75. The molecule has 2 nitrogen and oxygen atoms in total. The number of unbranched alkanes of at least 4 members (excludes halogenated alkanes) is 1. The summed E-state index contributed by atoms with van der Waals surface area (Å²) in [5, 5.41) is 9.90. The van der Waals surface area contributed by atoms with Crippen LogP contribution in [-0.2, 0) is 6.18 Å². The van der Waals surface area contributed by atoms with Gasteiger partial charge >= 0.3 is 6.18 Å². The van der Waals surface area contributed by atoms with Gasteiger partial charge in [-0.15, -0.1) is 0 Å². The Hall–Kier alpha value is -1.23. The third-order valence-corrected chi connectivity index (χ3v) is 3.51. The average Bonchev–Trinajstić information content (AvgIpc) is 2.37. The van der Waals surface area contributed by atoms with Crippen LogP contribution in [0.5, 0.6) is 0 Å². The summed E-state index contributed by atoms with van der Waals surface area (Å²) in [6, 6.07) is 3.66. The Balaban J connectivity index is 2.33. The van der Waals surface area contributed by atoms with Crippen LogP contribution >= 0.6 is 0 Å². The molecule has 19 heavy (non-hydrogen) atoms. The number of halogens is 3. The van der Waals surface area contributed by atoms with Crippen LogP contribution in [0, 0.1) is 0 Å². The highest BCUT2D eigenvalue weighted by atomic mass is 19.4. The molecule has 0 radical (unpaired) electrons. The zero-order valence-electron chi connectivity index (χ0n) is 10.9. The molecular formula is C14H18F3NO. The number of alkyl halides is 3. The zero-order valence-corrected chi connectivity index (χ0v) is 10.9. The van der Waals surface area contributed by atoms with Crippen molar-refractivity contribution in [3.8, 4) is 0 Å². The summed E-state index contributed by atoms with van der Waals surface area (Å²) in [6.45, 7) is 3.59. The molecule has 1 N–H and O–H groups in total. The number of hydrogen-bond donors (Lipinski definition) is 1. The van der Waals surface area contributed by atoms with Gasteiger partial charge in [-0.3, -0.25) is 0 Å². The first-order valence-corrected chi connectivity index (χ1v) is 6.57. The molecular weight excluding hydrogens is 255 g/mol. The number of fused-ring (bicyclic) bond motifs is 1. The smallest absolute Gasteiger partial charge is 0.388 e. The van der Waals surface area contributed by atoms with Crippen molar-refractivity contribution in [1.82, 2.24) is 0 Å². The minimum atomic E-state index is -4.36. The van der Waals surface area contributed by atoms with Crippen LogP contribution in [-0.4, -0.2) is 18.2 Å². The third-order valence-electron chi connectivity index (χ3n) is 3.51. The zero-order chi connectivity index (χ0) is 14.0. The summed E-state index contributed by atoms with van der Waals surface area (Å²) >= 11 is 0. The topological polar surface area (TPSA) is 23.5 Å². The van der Waals surface area contributed by atoms with Crippen molar-refractivity contribution < 1.29 is 18.3 Å². The van der Waals surface area contributed by atoms with Crippen molar-refractivity contribution in [3.05, 3.63) is 29.3 Å². The first-order valence-electron chi connectivity index (χ1n) is 6.57. The van der Waals surface area contributed by atoms with Crippen molar-refractivity contribution >= 4 is 5.69 Å². The maximum absolute atomic E-state index is 12.7. The van der Waals surface area contributed by atoms with E-state index in [-0.39, 0.29) is 0 Å². The quantitative estimate of drug-likeness (QED) is 0.906. The van der Waals surface area contributed by atoms with Crippen LogP contribution in [0.2, 0.25) is 0 Å². The number of anilines is 1. The fourth-order valence-corrected chi connectivity index (χ4v) is 2.42. The van der Waals surface area contributed by atoms with Crippen molar-refractivity contribution in [2.45, 2.75) is 38.5 Å². The number of aliphatic hydroxyl groups excluding tert-OH is 1. The lowest BCUT2D eigenvalue weighted by Crippen LogP contribution is -2.32. The van der Waals surface area contributed by atoms with Gasteiger partial charge in [-0.25, -0.2) is 0 Å². The first-order chi connectivity index (χ1) is 8.93. The van der Waals surface area contributed by atoms with Gasteiger partial charge in [0.25, 0.3) is 0 Å². The summed E-state index contributed by atoms with van der Waals surface area (Å²) in [4.78, 5) is 2.06. The fourth-order valence-electron chi connectivity index (χ4n) is 2.42. The van der Waals surface area contributed by atoms with E-state index in [1.54, 1.807) is 0 Å². The first kappa shape index (κ1) is 14.2. The van der Waals surface area contributed by atoms with E-state index < -0.39 is 17.8 Å². The minimum absolute atomic E-state index is 0.400. The van der Waals surface area contributed by atoms with E-state index in [0.717, 1.165) is 37.2 Å². The average molecular weight is 273 g/mol. The van der Waals surface area contributed by atoms with Crippen molar-refractivity contribution in [1.29, 1.82) is 0 Å². The number of rotatable bonds is 3. The predicted molar refractivity (Wildman–Crippen MR) is 68.1 cm³/mol. The highest BCUT2D eigenvalue weighted by molar-refractivity contribution is 5.58.